The molecule has 1 aromatic carbocycles. The summed E-state index contributed by atoms with van der Waals surface area (Å²) < 4.78 is 0. The van der Waals surface area contributed by atoms with Gasteiger partial charge in [0.15, 0.2) is 0 Å². The number of aromatic nitrogens is 2. The quantitative estimate of drug-likeness (QED) is 0.911. The number of aromatic amines is 1. The Morgan fingerprint density at radius 3 is 2.40 bits per heavy atom. The van der Waals surface area contributed by atoms with Gasteiger partial charge in [-0.1, -0.05) is 43.1 Å². The molecule has 1 heterocycles. The number of hydrogen-bond acceptors (Lipinski definition) is 3. The number of nitrogens with one attached hydrogen (secondary N) is 1. The SMILES string of the molecule is CC(C)c1c(O)nc(Cc2c(Cl)cccc2Cl)[nH]c1=O. The topological polar surface area (TPSA) is 66.0 Å². The highest BCUT2D eigenvalue weighted by Gasteiger charge is 2.15. The first kappa shape index (κ1) is 14.9. The molecule has 6 heteroatoms. The van der Waals surface area contributed by atoms with Crippen LogP contribution in [0.1, 0.15) is 36.7 Å². The van der Waals surface area contributed by atoms with Crippen LogP contribution in [-0.2, 0) is 6.42 Å². The number of rotatable bonds is 3. The molecule has 0 aliphatic carbocycles. The Bertz CT molecular complexity index is 676. The molecule has 0 atom stereocenters. The summed E-state index contributed by atoms with van der Waals surface area (Å²) in [7, 11) is 0. The standard InChI is InChI=1S/C14H14Cl2N2O2/c1-7(2)12-13(19)17-11(18-14(12)20)6-8-9(15)4-3-5-10(8)16/h3-5,7H,6H2,1-2H3,(H2,17,18,19,20). The van der Waals surface area contributed by atoms with Gasteiger partial charge in [-0.05, 0) is 23.6 Å². The lowest BCUT2D eigenvalue weighted by molar-refractivity contribution is 0.436. The van der Waals surface area contributed by atoms with Gasteiger partial charge >= 0.3 is 0 Å². The molecule has 0 unspecified atom stereocenters. The van der Waals surface area contributed by atoms with E-state index in [1.165, 1.54) is 0 Å². The van der Waals surface area contributed by atoms with Crippen molar-refractivity contribution in [3.8, 4) is 5.88 Å². The molecule has 0 saturated carbocycles. The number of halogens is 2. The van der Waals surface area contributed by atoms with Gasteiger partial charge in [0.05, 0.1) is 5.56 Å². The fourth-order valence-electron chi connectivity index (χ4n) is 1.99. The zero-order valence-electron chi connectivity index (χ0n) is 11.1. The fraction of sp³-hybridized carbons (Fsp3) is 0.286. The summed E-state index contributed by atoms with van der Waals surface area (Å²) in [5.41, 5.74) is 0.598. The number of hydrogen-bond donors (Lipinski definition) is 2. The molecule has 1 aromatic heterocycles. The predicted octanol–water partition coefficient (Wildman–Crippen LogP) is 3.50. The monoisotopic (exact) mass is 312 g/mol. The Morgan fingerprint density at radius 2 is 1.90 bits per heavy atom. The van der Waals surface area contributed by atoms with Gasteiger partial charge in [-0.15, -0.1) is 0 Å². The van der Waals surface area contributed by atoms with E-state index in [1.54, 1.807) is 18.2 Å². The van der Waals surface area contributed by atoms with Crippen molar-refractivity contribution in [1.82, 2.24) is 9.97 Å². The first-order valence-electron chi connectivity index (χ1n) is 6.15. The molecular formula is C14H14Cl2N2O2. The predicted molar refractivity (Wildman–Crippen MR) is 79.9 cm³/mol. The first-order chi connectivity index (χ1) is 9.40. The van der Waals surface area contributed by atoms with Crippen LogP contribution in [-0.4, -0.2) is 15.1 Å². The van der Waals surface area contributed by atoms with E-state index in [9.17, 15) is 9.90 Å². The van der Waals surface area contributed by atoms with Crippen LogP contribution in [0.25, 0.3) is 0 Å². The van der Waals surface area contributed by atoms with Crippen molar-refractivity contribution in [2.24, 2.45) is 0 Å². The van der Waals surface area contributed by atoms with E-state index < -0.39 is 0 Å². The largest absolute Gasteiger partial charge is 0.493 e. The number of aromatic hydroxyl groups is 1. The third kappa shape index (κ3) is 2.97. The molecule has 4 nitrogen and oxygen atoms in total. The maximum absolute atomic E-state index is 11.9. The lowest BCUT2D eigenvalue weighted by Crippen LogP contribution is -2.18. The molecule has 106 valence electrons. The van der Waals surface area contributed by atoms with Crippen LogP contribution in [0.4, 0.5) is 0 Å². The summed E-state index contributed by atoms with van der Waals surface area (Å²) in [6.07, 6.45) is 0.250. The summed E-state index contributed by atoms with van der Waals surface area (Å²) in [4.78, 5) is 18.6. The number of benzene rings is 1. The van der Waals surface area contributed by atoms with Crippen LogP contribution in [0, 0.1) is 0 Å². The molecule has 0 saturated heterocycles. The maximum Gasteiger partial charge on any atom is 0.258 e. The van der Waals surface area contributed by atoms with Gasteiger partial charge in [-0.2, -0.15) is 4.98 Å². The van der Waals surface area contributed by atoms with Crippen LogP contribution in [0.2, 0.25) is 10.0 Å². The van der Waals surface area contributed by atoms with Crippen LogP contribution in [0.5, 0.6) is 5.88 Å². The Morgan fingerprint density at radius 1 is 1.30 bits per heavy atom. The maximum atomic E-state index is 11.9. The van der Waals surface area contributed by atoms with Gasteiger partial charge in [0, 0.05) is 16.5 Å². The van der Waals surface area contributed by atoms with Crippen molar-refractivity contribution < 1.29 is 5.11 Å². The molecule has 0 bridgehead atoms. The molecule has 0 amide bonds. The van der Waals surface area contributed by atoms with E-state index >= 15 is 0 Å². The fourth-order valence-corrected chi connectivity index (χ4v) is 2.52. The molecule has 2 N–H and O–H groups in total. The summed E-state index contributed by atoms with van der Waals surface area (Å²) >= 11 is 12.1. The van der Waals surface area contributed by atoms with Crippen molar-refractivity contribution >= 4 is 23.2 Å². The summed E-state index contributed by atoms with van der Waals surface area (Å²) in [6, 6.07) is 5.16. The van der Waals surface area contributed by atoms with Crippen molar-refractivity contribution in [1.29, 1.82) is 0 Å². The van der Waals surface area contributed by atoms with Crippen molar-refractivity contribution in [2.45, 2.75) is 26.2 Å². The van der Waals surface area contributed by atoms with Crippen LogP contribution >= 0.6 is 23.2 Å². The molecule has 0 aliphatic rings. The molecule has 20 heavy (non-hydrogen) atoms. The molecule has 0 fully saturated rings. The van der Waals surface area contributed by atoms with Gasteiger partial charge in [-0.25, -0.2) is 0 Å². The molecule has 0 aliphatic heterocycles. The minimum atomic E-state index is -0.342. The highest BCUT2D eigenvalue weighted by molar-refractivity contribution is 6.36. The normalized spacial score (nSPS) is 11.1. The third-order valence-corrected chi connectivity index (χ3v) is 3.68. The van der Waals surface area contributed by atoms with Crippen LogP contribution in [0.3, 0.4) is 0 Å². The van der Waals surface area contributed by atoms with E-state index in [4.69, 9.17) is 23.2 Å². The van der Waals surface area contributed by atoms with Crippen molar-refractivity contribution in [2.75, 3.05) is 0 Å². The van der Waals surface area contributed by atoms with E-state index in [2.05, 4.69) is 9.97 Å². The van der Waals surface area contributed by atoms with E-state index in [0.717, 1.165) is 0 Å². The molecule has 0 radical (unpaired) electrons. The van der Waals surface area contributed by atoms with E-state index in [-0.39, 0.29) is 29.3 Å². The molecule has 0 spiro atoms. The Balaban J connectivity index is 2.43. The second-order valence-corrected chi connectivity index (χ2v) is 5.60. The van der Waals surface area contributed by atoms with Crippen molar-refractivity contribution in [3.05, 3.63) is 55.5 Å². The minimum absolute atomic E-state index is 0.107. The Hall–Kier alpha value is -1.52. The summed E-state index contributed by atoms with van der Waals surface area (Å²) in [6.45, 7) is 3.63. The summed E-state index contributed by atoms with van der Waals surface area (Å²) in [5, 5.41) is 10.8. The highest BCUT2D eigenvalue weighted by Crippen LogP contribution is 2.26. The minimum Gasteiger partial charge on any atom is -0.493 e. The zero-order valence-corrected chi connectivity index (χ0v) is 12.6. The number of H-pyrrole nitrogens is 1. The van der Waals surface area contributed by atoms with Gasteiger partial charge in [-0.3, -0.25) is 4.79 Å². The van der Waals surface area contributed by atoms with Gasteiger partial charge in [0.25, 0.3) is 5.56 Å². The molecule has 2 aromatic rings. The molecule has 2 rings (SSSR count). The van der Waals surface area contributed by atoms with Gasteiger partial charge in [0.2, 0.25) is 5.88 Å². The Labute approximate surface area is 126 Å². The van der Waals surface area contributed by atoms with Crippen molar-refractivity contribution in [3.63, 3.8) is 0 Å². The highest BCUT2D eigenvalue weighted by atomic mass is 35.5. The lowest BCUT2D eigenvalue weighted by Gasteiger charge is -2.10. The third-order valence-electron chi connectivity index (χ3n) is 2.97. The average Bonchev–Trinajstić information content (AvgIpc) is 2.32. The second kappa shape index (κ2) is 5.85. The second-order valence-electron chi connectivity index (χ2n) is 4.78. The number of nitrogens with zero attached hydrogens (tertiary/aromatic N) is 1. The molecular weight excluding hydrogens is 299 g/mol. The smallest absolute Gasteiger partial charge is 0.258 e. The Kier molecular flexibility index (Phi) is 4.35. The average molecular weight is 313 g/mol. The summed E-state index contributed by atoms with van der Waals surface area (Å²) in [5.74, 6) is -0.0296. The van der Waals surface area contributed by atoms with Crippen LogP contribution in [0.15, 0.2) is 23.0 Å². The van der Waals surface area contributed by atoms with Crippen LogP contribution < -0.4 is 5.56 Å². The van der Waals surface area contributed by atoms with E-state index in [0.29, 0.717) is 21.4 Å². The van der Waals surface area contributed by atoms with Gasteiger partial charge < -0.3 is 10.1 Å². The van der Waals surface area contributed by atoms with E-state index in [1.807, 2.05) is 13.8 Å². The lowest BCUT2D eigenvalue weighted by atomic mass is 10.1. The van der Waals surface area contributed by atoms with Gasteiger partial charge in [0.1, 0.15) is 5.82 Å². The zero-order chi connectivity index (χ0) is 14.9. The first-order valence-corrected chi connectivity index (χ1v) is 6.90.